The molecule has 2 aliphatic carbocycles. The van der Waals surface area contributed by atoms with E-state index in [1.165, 1.54) is 24.8 Å². The van der Waals surface area contributed by atoms with E-state index in [2.05, 4.69) is 65.1 Å². The fraction of sp³-hybridized carbons (Fsp3) is 0.741. The second-order valence-corrected chi connectivity index (χ2v) is 11.3. The van der Waals surface area contributed by atoms with E-state index in [9.17, 15) is 10.4 Å². The van der Waals surface area contributed by atoms with Crippen LogP contribution >= 0.6 is 0 Å². The van der Waals surface area contributed by atoms with E-state index < -0.39 is 11.8 Å². The fourth-order valence-electron chi connectivity index (χ4n) is 6.43. The summed E-state index contributed by atoms with van der Waals surface area (Å²) >= 11 is 0. The van der Waals surface area contributed by atoms with Crippen molar-refractivity contribution < 1.29 is 5.11 Å². The number of nitriles is 1. The molecule has 0 amide bonds. The van der Waals surface area contributed by atoms with E-state index in [4.69, 9.17) is 0 Å². The molecule has 1 N–H and O–H groups in total. The maximum absolute atomic E-state index is 11.4. The molecule has 176 valence electrons. The summed E-state index contributed by atoms with van der Waals surface area (Å²) in [5, 5.41) is 21.0. The molecule has 0 radical (unpaired) electrons. The predicted molar refractivity (Wildman–Crippen MR) is 129 cm³/mol. The Bertz CT molecular complexity index is 805. The molecule has 0 bridgehead atoms. The second-order valence-electron chi connectivity index (χ2n) is 11.3. The van der Waals surface area contributed by atoms with Gasteiger partial charge in [-0.25, -0.2) is 0 Å². The number of benzene rings is 1. The summed E-state index contributed by atoms with van der Waals surface area (Å²) in [5.41, 5.74) is 1.03. The third kappa shape index (κ3) is 4.23. The molecule has 1 aromatic rings. The molecule has 3 fully saturated rings. The Hall–Kier alpha value is -1.45. The first-order valence-electron chi connectivity index (χ1n) is 12.6. The largest absolute Gasteiger partial charge is 0.365 e. The number of hydrogen-bond donors (Lipinski definition) is 1. The molecule has 5 nitrogen and oxygen atoms in total. The van der Waals surface area contributed by atoms with Crippen molar-refractivity contribution in [1.82, 2.24) is 14.7 Å². The van der Waals surface area contributed by atoms with Crippen LogP contribution in [-0.2, 0) is 5.54 Å². The van der Waals surface area contributed by atoms with Crippen molar-refractivity contribution in [3.8, 4) is 6.07 Å². The van der Waals surface area contributed by atoms with E-state index in [1.807, 2.05) is 13.8 Å². The highest BCUT2D eigenvalue weighted by Crippen LogP contribution is 2.50. The normalized spacial score (nSPS) is 32.3. The molecule has 5 heteroatoms. The molecule has 1 heterocycles. The maximum Gasteiger partial charge on any atom is 0.166 e. The molecule has 1 saturated heterocycles. The van der Waals surface area contributed by atoms with E-state index in [0.717, 1.165) is 45.3 Å². The van der Waals surface area contributed by atoms with Gasteiger partial charge in [0.1, 0.15) is 0 Å². The molecule has 1 aromatic carbocycles. The molecule has 1 atom stereocenters. The van der Waals surface area contributed by atoms with Crippen molar-refractivity contribution in [3.63, 3.8) is 0 Å². The van der Waals surface area contributed by atoms with Crippen LogP contribution in [0.5, 0.6) is 0 Å². The molecule has 1 aliphatic heterocycles. The van der Waals surface area contributed by atoms with Crippen LogP contribution in [0.4, 0.5) is 0 Å². The lowest BCUT2D eigenvalue weighted by Gasteiger charge is -2.53. The quantitative estimate of drug-likeness (QED) is 0.684. The van der Waals surface area contributed by atoms with Gasteiger partial charge in [-0.1, -0.05) is 43.7 Å². The highest BCUT2D eigenvalue weighted by molar-refractivity contribution is 5.27. The highest BCUT2D eigenvalue weighted by atomic mass is 16.3. The Labute approximate surface area is 195 Å². The van der Waals surface area contributed by atoms with Gasteiger partial charge in [0.2, 0.25) is 0 Å². The van der Waals surface area contributed by atoms with Crippen molar-refractivity contribution >= 4 is 0 Å². The molecular weight excluding hydrogens is 396 g/mol. The number of aliphatic hydroxyl groups excluding tert-OH is 1. The highest BCUT2D eigenvalue weighted by Gasteiger charge is 2.55. The number of hydrogen-bond acceptors (Lipinski definition) is 5. The minimum Gasteiger partial charge on any atom is -0.365 e. The molecular formula is C27H42N4O. The number of nitrogens with zero attached hydrogens (tertiary/aromatic N) is 4. The average molecular weight is 439 g/mol. The lowest BCUT2D eigenvalue weighted by atomic mass is 9.67. The van der Waals surface area contributed by atoms with E-state index in [-0.39, 0.29) is 11.1 Å². The van der Waals surface area contributed by atoms with E-state index in [1.54, 1.807) is 0 Å². The predicted octanol–water partition coefficient (Wildman–Crippen LogP) is 4.39. The van der Waals surface area contributed by atoms with Crippen LogP contribution in [0.1, 0.15) is 71.3 Å². The van der Waals surface area contributed by atoms with Crippen LogP contribution < -0.4 is 0 Å². The topological polar surface area (TPSA) is 53.7 Å². The smallest absolute Gasteiger partial charge is 0.166 e. The van der Waals surface area contributed by atoms with Gasteiger partial charge in [-0.05, 0) is 77.4 Å². The zero-order valence-electron chi connectivity index (χ0n) is 20.6. The molecule has 1 unspecified atom stereocenters. The van der Waals surface area contributed by atoms with Crippen LogP contribution in [-0.4, -0.2) is 64.9 Å². The lowest BCUT2D eigenvalue weighted by Crippen LogP contribution is -2.57. The van der Waals surface area contributed by atoms with Crippen molar-refractivity contribution in [2.24, 2.45) is 11.3 Å². The summed E-state index contributed by atoms with van der Waals surface area (Å²) < 4.78 is 0. The summed E-state index contributed by atoms with van der Waals surface area (Å²) in [6, 6.07) is 13.5. The zero-order valence-corrected chi connectivity index (χ0v) is 20.6. The van der Waals surface area contributed by atoms with Crippen LogP contribution in [0, 0.1) is 22.7 Å². The van der Waals surface area contributed by atoms with Gasteiger partial charge in [-0.3, -0.25) is 14.7 Å². The van der Waals surface area contributed by atoms with Crippen molar-refractivity contribution in [3.05, 3.63) is 35.9 Å². The Morgan fingerprint density at radius 1 is 1.16 bits per heavy atom. The first-order chi connectivity index (χ1) is 15.3. The summed E-state index contributed by atoms with van der Waals surface area (Å²) in [4.78, 5) is 7.15. The van der Waals surface area contributed by atoms with Crippen LogP contribution in [0.3, 0.4) is 0 Å². The molecule has 0 aromatic heterocycles. The molecule has 4 rings (SSSR count). The summed E-state index contributed by atoms with van der Waals surface area (Å²) in [6.45, 7) is 9.73. The Morgan fingerprint density at radius 3 is 2.34 bits per heavy atom. The fourth-order valence-corrected chi connectivity index (χ4v) is 6.43. The summed E-state index contributed by atoms with van der Waals surface area (Å²) in [6.07, 6.45) is 7.70. The Balaban J connectivity index is 1.60. The van der Waals surface area contributed by atoms with Gasteiger partial charge in [0.25, 0.3) is 0 Å². The standard InChI is InChI=1S/C27H42N4O/c1-5-29(4)27(23-12-7-6-8-13-23)16-14-26(15-17-27)21-30(20-25(2,3)19-28)24(32)31(26)18-22-10-9-11-22/h6-8,12-13,22,24,32H,5,9-11,14-18,20-21H2,1-4H3/t24?,26-,27+. The van der Waals surface area contributed by atoms with Gasteiger partial charge >= 0.3 is 0 Å². The molecule has 3 aliphatic rings. The van der Waals surface area contributed by atoms with Gasteiger partial charge < -0.3 is 5.11 Å². The summed E-state index contributed by atoms with van der Waals surface area (Å²) in [7, 11) is 2.27. The van der Waals surface area contributed by atoms with Crippen molar-refractivity contribution in [2.45, 2.75) is 83.1 Å². The molecule has 32 heavy (non-hydrogen) atoms. The van der Waals surface area contributed by atoms with Crippen LogP contribution in [0.15, 0.2) is 30.3 Å². The van der Waals surface area contributed by atoms with Gasteiger partial charge in [-0.15, -0.1) is 0 Å². The second kappa shape index (κ2) is 9.06. The third-order valence-electron chi connectivity index (χ3n) is 8.82. The van der Waals surface area contributed by atoms with Crippen LogP contribution in [0.2, 0.25) is 0 Å². The first-order valence-corrected chi connectivity index (χ1v) is 12.6. The maximum atomic E-state index is 11.4. The number of rotatable bonds is 7. The minimum absolute atomic E-state index is 0.00735. The van der Waals surface area contributed by atoms with Crippen molar-refractivity contribution in [1.29, 1.82) is 5.26 Å². The molecule has 1 spiro atoms. The van der Waals surface area contributed by atoms with Crippen molar-refractivity contribution in [2.75, 3.05) is 33.2 Å². The summed E-state index contributed by atoms with van der Waals surface area (Å²) in [5.74, 6) is 0.713. The monoisotopic (exact) mass is 438 g/mol. The lowest BCUT2D eigenvalue weighted by molar-refractivity contribution is -0.106. The van der Waals surface area contributed by atoms with Gasteiger partial charge in [-0.2, -0.15) is 5.26 Å². The van der Waals surface area contributed by atoms with Gasteiger partial charge in [0, 0.05) is 30.7 Å². The first kappa shape index (κ1) is 23.7. The Morgan fingerprint density at radius 2 is 1.81 bits per heavy atom. The SMILES string of the molecule is CCN(C)[C@]1(c2ccccc2)CC[C@]2(CC1)CN(CC(C)(C)C#N)C(O)N2CC1CCC1. The average Bonchev–Trinajstić information content (AvgIpc) is 3.01. The zero-order chi connectivity index (χ0) is 23.0. The van der Waals surface area contributed by atoms with E-state index >= 15 is 0 Å². The molecule has 2 saturated carbocycles. The number of aliphatic hydroxyl groups is 1. The van der Waals surface area contributed by atoms with E-state index in [0.29, 0.717) is 12.5 Å². The van der Waals surface area contributed by atoms with Gasteiger partial charge in [0.05, 0.1) is 11.5 Å². The Kier molecular flexibility index (Phi) is 6.71. The third-order valence-corrected chi connectivity index (χ3v) is 8.82. The van der Waals surface area contributed by atoms with Gasteiger partial charge in [0.15, 0.2) is 6.35 Å². The van der Waals surface area contributed by atoms with Crippen LogP contribution in [0.25, 0.3) is 0 Å². The minimum atomic E-state index is -0.573.